The molecule has 0 radical (unpaired) electrons. The molecule has 0 saturated heterocycles. The molecule has 20 heavy (non-hydrogen) atoms. The third-order valence-corrected chi connectivity index (χ3v) is 4.74. The summed E-state index contributed by atoms with van der Waals surface area (Å²) in [5.41, 5.74) is 1.19. The molecule has 1 aliphatic carbocycles. The number of rotatable bonds is 6. The molecular formula is C15H21NO3S. The van der Waals surface area contributed by atoms with Gasteiger partial charge in [0.25, 0.3) is 0 Å². The molecular weight excluding hydrogens is 274 g/mol. The van der Waals surface area contributed by atoms with Crippen molar-refractivity contribution in [1.82, 2.24) is 4.72 Å². The van der Waals surface area contributed by atoms with Crippen LogP contribution in [-0.2, 0) is 10.0 Å². The largest absolute Gasteiger partial charge is 0.494 e. The fourth-order valence-electron chi connectivity index (χ4n) is 2.22. The first kappa shape index (κ1) is 15.1. The molecule has 0 spiro atoms. The van der Waals surface area contributed by atoms with Gasteiger partial charge in [0, 0.05) is 6.54 Å². The Kier molecular flexibility index (Phi) is 5.20. The molecule has 110 valence electrons. The number of hydrogen-bond donors (Lipinski definition) is 1. The van der Waals surface area contributed by atoms with E-state index in [2.05, 4.69) is 10.8 Å². The first-order valence-electron chi connectivity index (χ1n) is 7.02. The van der Waals surface area contributed by atoms with Crippen molar-refractivity contribution in [2.24, 2.45) is 0 Å². The van der Waals surface area contributed by atoms with E-state index in [1.54, 1.807) is 24.3 Å². The number of nitrogens with one attached hydrogen (secondary N) is 1. The van der Waals surface area contributed by atoms with Gasteiger partial charge in [-0.3, -0.25) is 0 Å². The van der Waals surface area contributed by atoms with Gasteiger partial charge in [-0.25, -0.2) is 13.1 Å². The Bertz CT molecular complexity index is 561. The minimum absolute atomic E-state index is 0.275. The van der Waals surface area contributed by atoms with E-state index in [1.807, 2.05) is 6.92 Å². The van der Waals surface area contributed by atoms with Gasteiger partial charge in [0.05, 0.1) is 11.5 Å². The molecule has 1 N–H and O–H groups in total. The molecule has 0 saturated carbocycles. The molecule has 0 atom stereocenters. The highest BCUT2D eigenvalue weighted by Gasteiger charge is 2.14. The fourth-order valence-corrected chi connectivity index (χ4v) is 3.25. The van der Waals surface area contributed by atoms with Gasteiger partial charge < -0.3 is 4.74 Å². The van der Waals surface area contributed by atoms with Crippen LogP contribution < -0.4 is 9.46 Å². The molecule has 0 unspecified atom stereocenters. The highest BCUT2D eigenvalue weighted by molar-refractivity contribution is 7.89. The highest BCUT2D eigenvalue weighted by atomic mass is 32.2. The smallest absolute Gasteiger partial charge is 0.240 e. The van der Waals surface area contributed by atoms with Gasteiger partial charge in [0.15, 0.2) is 0 Å². The maximum atomic E-state index is 12.2. The van der Waals surface area contributed by atoms with Crippen molar-refractivity contribution in [3.05, 3.63) is 35.9 Å². The van der Waals surface area contributed by atoms with Gasteiger partial charge in [-0.15, -0.1) is 0 Å². The van der Waals surface area contributed by atoms with Crippen molar-refractivity contribution in [3.63, 3.8) is 0 Å². The van der Waals surface area contributed by atoms with Crippen LogP contribution in [-0.4, -0.2) is 21.6 Å². The summed E-state index contributed by atoms with van der Waals surface area (Å²) in [6.07, 6.45) is 6.54. The lowest BCUT2D eigenvalue weighted by Gasteiger charge is -2.13. The summed E-state index contributed by atoms with van der Waals surface area (Å²) in [6.45, 7) is 2.87. The van der Waals surface area contributed by atoms with Crippen molar-refractivity contribution < 1.29 is 13.2 Å². The Hall–Kier alpha value is -1.33. The summed E-state index contributed by atoms with van der Waals surface area (Å²) < 4.78 is 32.3. The number of hydrogen-bond acceptors (Lipinski definition) is 3. The van der Waals surface area contributed by atoms with Crippen molar-refractivity contribution in [1.29, 1.82) is 0 Å². The summed E-state index contributed by atoms with van der Waals surface area (Å²) in [7, 11) is -3.44. The maximum Gasteiger partial charge on any atom is 0.240 e. The van der Waals surface area contributed by atoms with E-state index < -0.39 is 10.0 Å². The normalized spacial score (nSPS) is 15.8. The van der Waals surface area contributed by atoms with Crippen LogP contribution in [0.3, 0.4) is 0 Å². The van der Waals surface area contributed by atoms with E-state index in [0.717, 1.165) is 19.3 Å². The zero-order valence-corrected chi connectivity index (χ0v) is 12.6. The molecule has 4 nitrogen and oxygen atoms in total. The van der Waals surface area contributed by atoms with Crippen LogP contribution in [0.5, 0.6) is 5.75 Å². The molecule has 1 aromatic carbocycles. The second kappa shape index (κ2) is 6.90. The predicted octanol–water partition coefficient (Wildman–Crippen LogP) is 2.86. The first-order chi connectivity index (χ1) is 9.62. The SMILES string of the molecule is CCOc1ccc(S(=O)(=O)NCC2=CCCCC2)cc1. The minimum Gasteiger partial charge on any atom is -0.494 e. The van der Waals surface area contributed by atoms with E-state index in [1.165, 1.54) is 12.0 Å². The van der Waals surface area contributed by atoms with E-state index in [4.69, 9.17) is 4.74 Å². The summed E-state index contributed by atoms with van der Waals surface area (Å²) in [5.74, 6) is 0.682. The van der Waals surface area contributed by atoms with Gasteiger partial charge in [-0.05, 0) is 56.9 Å². The molecule has 1 aromatic rings. The quantitative estimate of drug-likeness (QED) is 0.821. The van der Waals surface area contributed by atoms with Crippen molar-refractivity contribution >= 4 is 10.0 Å². The fraction of sp³-hybridized carbons (Fsp3) is 0.467. The van der Waals surface area contributed by atoms with Crippen LogP contribution in [0, 0.1) is 0 Å². The van der Waals surface area contributed by atoms with Crippen molar-refractivity contribution in [2.75, 3.05) is 13.2 Å². The molecule has 0 fully saturated rings. The Morgan fingerprint density at radius 1 is 1.20 bits per heavy atom. The lowest BCUT2D eigenvalue weighted by molar-refractivity contribution is 0.340. The summed E-state index contributed by atoms with van der Waals surface area (Å²) in [6, 6.07) is 6.50. The standard InChI is InChI=1S/C15H21NO3S/c1-2-19-14-8-10-15(11-9-14)20(17,18)16-12-13-6-4-3-5-7-13/h6,8-11,16H,2-5,7,12H2,1H3. The minimum atomic E-state index is -3.44. The molecule has 5 heteroatoms. The Labute approximate surface area is 120 Å². The third kappa shape index (κ3) is 4.08. The molecule has 0 aromatic heterocycles. The van der Waals surface area contributed by atoms with Crippen LogP contribution in [0.1, 0.15) is 32.6 Å². The molecule has 0 amide bonds. The second-order valence-corrected chi connectivity index (χ2v) is 6.60. The average Bonchev–Trinajstić information content (AvgIpc) is 2.47. The van der Waals surface area contributed by atoms with Gasteiger partial charge in [-0.1, -0.05) is 11.6 Å². The third-order valence-electron chi connectivity index (χ3n) is 3.32. The Morgan fingerprint density at radius 3 is 2.55 bits per heavy atom. The topological polar surface area (TPSA) is 55.4 Å². The van der Waals surface area contributed by atoms with Crippen molar-refractivity contribution in [3.8, 4) is 5.75 Å². The maximum absolute atomic E-state index is 12.2. The number of allylic oxidation sites excluding steroid dienone is 1. The van der Waals surface area contributed by atoms with Gasteiger partial charge in [0.2, 0.25) is 10.0 Å². The molecule has 0 heterocycles. The van der Waals surface area contributed by atoms with E-state index in [-0.39, 0.29) is 4.90 Å². The number of ether oxygens (including phenoxy) is 1. The van der Waals surface area contributed by atoms with Gasteiger partial charge in [0.1, 0.15) is 5.75 Å². The monoisotopic (exact) mass is 295 g/mol. The number of benzene rings is 1. The molecule has 0 aliphatic heterocycles. The summed E-state index contributed by atoms with van der Waals surface area (Å²) in [5, 5.41) is 0. The van der Waals surface area contributed by atoms with Crippen LogP contribution in [0.2, 0.25) is 0 Å². The Balaban J connectivity index is 2.00. The van der Waals surface area contributed by atoms with Crippen LogP contribution in [0.4, 0.5) is 0 Å². The summed E-state index contributed by atoms with van der Waals surface area (Å²) in [4.78, 5) is 0.275. The molecule has 2 rings (SSSR count). The zero-order valence-electron chi connectivity index (χ0n) is 11.8. The van der Waals surface area contributed by atoms with E-state index in [9.17, 15) is 8.42 Å². The molecule has 1 aliphatic rings. The lowest BCUT2D eigenvalue weighted by Crippen LogP contribution is -2.26. The van der Waals surface area contributed by atoms with Crippen LogP contribution >= 0.6 is 0 Å². The predicted molar refractivity (Wildman–Crippen MR) is 79.4 cm³/mol. The zero-order chi connectivity index (χ0) is 14.4. The lowest BCUT2D eigenvalue weighted by atomic mass is 10.0. The average molecular weight is 295 g/mol. The van der Waals surface area contributed by atoms with Crippen LogP contribution in [0.15, 0.2) is 40.8 Å². The van der Waals surface area contributed by atoms with E-state index >= 15 is 0 Å². The number of sulfonamides is 1. The molecule has 0 bridgehead atoms. The first-order valence-corrected chi connectivity index (χ1v) is 8.50. The van der Waals surface area contributed by atoms with E-state index in [0.29, 0.717) is 18.9 Å². The Morgan fingerprint density at radius 2 is 1.95 bits per heavy atom. The van der Waals surface area contributed by atoms with Crippen molar-refractivity contribution in [2.45, 2.75) is 37.5 Å². The second-order valence-electron chi connectivity index (χ2n) is 4.84. The van der Waals surface area contributed by atoms with Gasteiger partial charge in [-0.2, -0.15) is 0 Å². The highest BCUT2D eigenvalue weighted by Crippen LogP contribution is 2.18. The summed E-state index contributed by atoms with van der Waals surface area (Å²) >= 11 is 0. The van der Waals surface area contributed by atoms with Crippen LogP contribution in [0.25, 0.3) is 0 Å². The van der Waals surface area contributed by atoms with Gasteiger partial charge >= 0.3 is 0 Å².